The largest absolute Gasteiger partial charge is 0.390 e. The van der Waals surface area contributed by atoms with Crippen LogP contribution in [0.25, 0.3) is 0 Å². The number of amides is 2. The van der Waals surface area contributed by atoms with Crippen LogP contribution in [0.1, 0.15) is 16.8 Å². The summed E-state index contributed by atoms with van der Waals surface area (Å²) in [7, 11) is 0. The molecular weight excluding hydrogens is 530 g/mol. The Hall–Kier alpha value is -2.93. The van der Waals surface area contributed by atoms with Gasteiger partial charge in [0.15, 0.2) is 0 Å². The van der Waals surface area contributed by atoms with Crippen LogP contribution in [0.4, 0.5) is 34.6 Å². The van der Waals surface area contributed by atoms with Gasteiger partial charge in [-0.3, -0.25) is 14.5 Å². The molecule has 2 aliphatic heterocycles. The zero-order chi connectivity index (χ0) is 27.3. The SMILES string of the molecule is O=C(Nc1ccc(Cl)cc1N1CCN(CCC(F)(F)F)CC1)c1ccc(NC(=O)[C@@H]2CNCCO2)cc1F. The molecule has 2 aromatic rings. The number of hydrogen-bond donors (Lipinski definition) is 3. The smallest absolute Gasteiger partial charge is 0.367 e. The number of alkyl halides is 3. The number of nitrogens with zero attached hydrogens (tertiary/aromatic N) is 2. The number of nitrogens with one attached hydrogen (secondary N) is 3. The normalized spacial score (nSPS) is 18.8. The molecule has 0 spiro atoms. The molecule has 0 unspecified atom stereocenters. The molecule has 38 heavy (non-hydrogen) atoms. The monoisotopic (exact) mass is 557 g/mol. The van der Waals surface area contributed by atoms with Crippen molar-refractivity contribution in [2.24, 2.45) is 0 Å². The van der Waals surface area contributed by atoms with Gasteiger partial charge in [0.1, 0.15) is 11.9 Å². The summed E-state index contributed by atoms with van der Waals surface area (Å²) in [5, 5.41) is 8.74. The van der Waals surface area contributed by atoms with Crippen molar-refractivity contribution in [3.63, 3.8) is 0 Å². The molecule has 2 saturated heterocycles. The summed E-state index contributed by atoms with van der Waals surface area (Å²) in [6.45, 7) is 3.02. The van der Waals surface area contributed by atoms with Gasteiger partial charge in [-0.1, -0.05) is 11.6 Å². The highest BCUT2D eigenvalue weighted by Gasteiger charge is 2.29. The first-order valence-electron chi connectivity index (χ1n) is 12.2. The lowest BCUT2D eigenvalue weighted by Gasteiger charge is -2.37. The van der Waals surface area contributed by atoms with Crippen LogP contribution in [0.5, 0.6) is 0 Å². The topological polar surface area (TPSA) is 85.9 Å². The zero-order valence-corrected chi connectivity index (χ0v) is 21.2. The van der Waals surface area contributed by atoms with Gasteiger partial charge in [-0.2, -0.15) is 13.2 Å². The molecule has 2 amide bonds. The highest BCUT2D eigenvalue weighted by Crippen LogP contribution is 2.31. The number of ether oxygens (including phenoxy) is 1. The molecule has 3 N–H and O–H groups in total. The lowest BCUT2D eigenvalue weighted by molar-refractivity contribution is -0.138. The molecule has 4 rings (SSSR count). The Labute approximate surface area is 222 Å². The third kappa shape index (κ3) is 7.56. The molecule has 2 heterocycles. The van der Waals surface area contributed by atoms with E-state index in [2.05, 4.69) is 16.0 Å². The summed E-state index contributed by atoms with van der Waals surface area (Å²) in [6, 6.07) is 8.59. The second kappa shape index (κ2) is 12.3. The number of halogens is 5. The molecule has 206 valence electrons. The van der Waals surface area contributed by atoms with Crippen molar-refractivity contribution in [1.29, 1.82) is 0 Å². The van der Waals surface area contributed by atoms with Crippen LogP contribution in [0.3, 0.4) is 0 Å². The third-order valence-electron chi connectivity index (χ3n) is 6.33. The number of piperazine rings is 1. The predicted molar refractivity (Wildman–Crippen MR) is 136 cm³/mol. The van der Waals surface area contributed by atoms with Gasteiger partial charge in [0.2, 0.25) is 0 Å². The molecular formula is C25H28ClF4N5O3. The Morgan fingerprint density at radius 3 is 2.50 bits per heavy atom. The Kier molecular flexibility index (Phi) is 9.08. The number of rotatable bonds is 7. The van der Waals surface area contributed by atoms with E-state index < -0.39 is 36.3 Å². The highest BCUT2D eigenvalue weighted by molar-refractivity contribution is 6.31. The van der Waals surface area contributed by atoms with Gasteiger partial charge >= 0.3 is 6.18 Å². The van der Waals surface area contributed by atoms with Gasteiger partial charge in [0.25, 0.3) is 11.8 Å². The number of carbonyl (C=O) groups excluding carboxylic acids is 2. The Morgan fingerprint density at radius 1 is 1.08 bits per heavy atom. The summed E-state index contributed by atoms with van der Waals surface area (Å²) in [5.74, 6) is -1.94. The van der Waals surface area contributed by atoms with E-state index in [1.807, 2.05) is 4.90 Å². The number of morpholine rings is 1. The average molecular weight is 558 g/mol. The maximum absolute atomic E-state index is 14.8. The Bertz CT molecular complexity index is 1150. The minimum absolute atomic E-state index is 0.0726. The van der Waals surface area contributed by atoms with Crippen molar-refractivity contribution in [1.82, 2.24) is 10.2 Å². The summed E-state index contributed by atoms with van der Waals surface area (Å²) < 4.78 is 57.9. The molecule has 1 atom stereocenters. The predicted octanol–water partition coefficient (Wildman–Crippen LogP) is 3.73. The minimum Gasteiger partial charge on any atom is -0.367 e. The van der Waals surface area contributed by atoms with Gasteiger partial charge in [-0.25, -0.2) is 4.39 Å². The van der Waals surface area contributed by atoms with Crippen LogP contribution < -0.4 is 20.9 Å². The van der Waals surface area contributed by atoms with Crippen LogP contribution in [0, 0.1) is 5.82 Å². The van der Waals surface area contributed by atoms with Gasteiger partial charge in [0, 0.05) is 56.5 Å². The maximum atomic E-state index is 14.8. The van der Waals surface area contributed by atoms with Gasteiger partial charge in [0.05, 0.1) is 30.0 Å². The fraction of sp³-hybridized carbons (Fsp3) is 0.440. The summed E-state index contributed by atoms with van der Waals surface area (Å²) in [6.07, 6.45) is -5.77. The van der Waals surface area contributed by atoms with Crippen molar-refractivity contribution in [3.05, 3.63) is 52.8 Å². The molecule has 13 heteroatoms. The quantitative estimate of drug-likeness (QED) is 0.450. The van der Waals surface area contributed by atoms with E-state index in [-0.39, 0.29) is 17.8 Å². The molecule has 2 aliphatic rings. The van der Waals surface area contributed by atoms with E-state index in [0.29, 0.717) is 62.3 Å². The Balaban J connectivity index is 1.40. The number of carbonyl (C=O) groups is 2. The van der Waals surface area contributed by atoms with Crippen molar-refractivity contribution in [2.45, 2.75) is 18.7 Å². The van der Waals surface area contributed by atoms with E-state index in [1.54, 1.807) is 23.1 Å². The number of benzene rings is 2. The number of anilines is 3. The molecule has 2 aromatic carbocycles. The van der Waals surface area contributed by atoms with E-state index in [1.165, 1.54) is 12.1 Å². The minimum atomic E-state index is -4.21. The van der Waals surface area contributed by atoms with Crippen LogP contribution in [-0.4, -0.2) is 81.4 Å². The molecule has 0 aliphatic carbocycles. The summed E-state index contributed by atoms with van der Waals surface area (Å²) in [5.41, 5.74) is 0.943. The standard InChI is InChI=1S/C25H28ClF4N5O3/c26-16-1-4-20(21(13-16)35-10-8-34(9-11-35)7-5-25(28,29)30)33-23(36)18-3-2-17(14-19(18)27)32-24(37)22-15-31-6-12-38-22/h1-4,13-14,22,31H,5-12,15H2,(H,32,37)(H,33,36)/t22-/m0/s1. The first-order valence-corrected chi connectivity index (χ1v) is 12.5. The second-order valence-electron chi connectivity index (χ2n) is 9.06. The van der Waals surface area contributed by atoms with E-state index >= 15 is 0 Å². The van der Waals surface area contributed by atoms with Crippen LogP contribution in [-0.2, 0) is 9.53 Å². The zero-order valence-electron chi connectivity index (χ0n) is 20.4. The fourth-order valence-electron chi connectivity index (χ4n) is 4.29. The van der Waals surface area contributed by atoms with Crippen molar-refractivity contribution in [3.8, 4) is 0 Å². The lowest BCUT2D eigenvalue weighted by atomic mass is 10.1. The van der Waals surface area contributed by atoms with Crippen LogP contribution >= 0.6 is 11.6 Å². The third-order valence-corrected chi connectivity index (χ3v) is 6.57. The van der Waals surface area contributed by atoms with Gasteiger partial charge in [-0.05, 0) is 36.4 Å². The Morgan fingerprint density at radius 2 is 1.84 bits per heavy atom. The molecule has 0 bridgehead atoms. The molecule has 0 radical (unpaired) electrons. The van der Waals surface area contributed by atoms with Crippen LogP contribution in [0.2, 0.25) is 5.02 Å². The summed E-state index contributed by atoms with van der Waals surface area (Å²) in [4.78, 5) is 28.9. The number of hydrogen-bond acceptors (Lipinski definition) is 6. The molecule has 2 fully saturated rings. The molecule has 8 nitrogen and oxygen atoms in total. The van der Waals surface area contributed by atoms with Gasteiger partial charge in [-0.15, -0.1) is 0 Å². The van der Waals surface area contributed by atoms with Crippen molar-refractivity contribution < 1.29 is 31.9 Å². The molecule has 0 aromatic heterocycles. The van der Waals surface area contributed by atoms with Crippen LogP contribution in [0.15, 0.2) is 36.4 Å². The lowest BCUT2D eigenvalue weighted by Crippen LogP contribution is -2.47. The van der Waals surface area contributed by atoms with Crippen molar-refractivity contribution >= 4 is 40.5 Å². The van der Waals surface area contributed by atoms with Crippen molar-refractivity contribution in [2.75, 3.05) is 68.0 Å². The highest BCUT2D eigenvalue weighted by atomic mass is 35.5. The first kappa shape index (κ1) is 28.1. The van der Waals surface area contributed by atoms with Gasteiger partial charge < -0.3 is 25.6 Å². The fourth-order valence-corrected chi connectivity index (χ4v) is 4.46. The van der Waals surface area contributed by atoms with E-state index in [0.717, 1.165) is 6.07 Å². The summed E-state index contributed by atoms with van der Waals surface area (Å²) >= 11 is 6.18. The maximum Gasteiger partial charge on any atom is 0.390 e. The van der Waals surface area contributed by atoms with E-state index in [4.69, 9.17) is 16.3 Å². The molecule has 0 saturated carbocycles. The average Bonchev–Trinajstić information content (AvgIpc) is 2.89. The van der Waals surface area contributed by atoms with E-state index in [9.17, 15) is 27.2 Å². The second-order valence-corrected chi connectivity index (χ2v) is 9.49. The first-order chi connectivity index (χ1) is 18.1.